The van der Waals surface area contributed by atoms with Crippen molar-refractivity contribution < 1.29 is 14.3 Å². The Labute approximate surface area is 143 Å². The number of benzene rings is 1. The van der Waals surface area contributed by atoms with Crippen molar-refractivity contribution in [3.05, 3.63) is 35.4 Å². The minimum Gasteiger partial charge on any atom is -0.378 e. The largest absolute Gasteiger partial charge is 0.378 e. The molecule has 1 amide bonds. The van der Waals surface area contributed by atoms with Crippen LogP contribution in [0.1, 0.15) is 35.2 Å². The number of piperidine rings is 1. The highest BCUT2D eigenvalue weighted by molar-refractivity contribution is 5.92. The van der Waals surface area contributed by atoms with Crippen LogP contribution in [0.3, 0.4) is 0 Å². The molecular weight excluding hydrogens is 304 g/mol. The van der Waals surface area contributed by atoms with Gasteiger partial charge in [-0.3, -0.25) is 9.69 Å². The molecule has 5 heteroatoms. The number of nitrogens with zero attached hydrogens (tertiary/aromatic N) is 1. The first-order valence-corrected chi connectivity index (χ1v) is 8.92. The molecule has 2 saturated heterocycles. The van der Waals surface area contributed by atoms with Crippen LogP contribution in [-0.2, 0) is 15.1 Å². The van der Waals surface area contributed by atoms with Crippen LogP contribution < -0.4 is 5.73 Å². The first-order valence-electron chi connectivity index (χ1n) is 8.92. The number of nitrogens with two attached hydrogens (primary N) is 1. The van der Waals surface area contributed by atoms with E-state index in [1.54, 1.807) is 6.07 Å². The molecule has 3 atom stereocenters. The fourth-order valence-electron chi connectivity index (χ4n) is 5.04. The van der Waals surface area contributed by atoms with Crippen LogP contribution in [0, 0.1) is 11.8 Å². The van der Waals surface area contributed by atoms with E-state index in [4.69, 9.17) is 15.2 Å². The van der Waals surface area contributed by atoms with Crippen molar-refractivity contribution in [1.82, 2.24) is 4.90 Å². The molecule has 1 aliphatic carbocycles. The summed E-state index contributed by atoms with van der Waals surface area (Å²) in [4.78, 5) is 14.2. The summed E-state index contributed by atoms with van der Waals surface area (Å²) in [7, 11) is 1.82. The zero-order chi connectivity index (χ0) is 16.7. The Morgan fingerprint density at radius 3 is 2.54 bits per heavy atom. The Kier molecular flexibility index (Phi) is 4.11. The van der Waals surface area contributed by atoms with Crippen LogP contribution in [-0.4, -0.2) is 50.3 Å². The molecule has 1 aromatic carbocycles. The number of fused-ring (bicyclic) bond motifs is 2. The van der Waals surface area contributed by atoms with Crippen molar-refractivity contribution in [3.8, 4) is 0 Å². The summed E-state index contributed by atoms with van der Waals surface area (Å²) in [5, 5.41) is 0. The lowest BCUT2D eigenvalue weighted by molar-refractivity contribution is -0.191. The van der Waals surface area contributed by atoms with E-state index < -0.39 is 0 Å². The Morgan fingerprint density at radius 1 is 1.29 bits per heavy atom. The molecule has 3 aliphatic rings. The lowest BCUT2D eigenvalue weighted by Gasteiger charge is -2.57. The number of methoxy groups -OCH3 is 1. The minimum absolute atomic E-state index is 0.301. The van der Waals surface area contributed by atoms with Crippen LogP contribution in [0.2, 0.25) is 0 Å². The third-order valence-electron chi connectivity index (χ3n) is 6.30. The Morgan fingerprint density at radius 2 is 2.00 bits per heavy atom. The van der Waals surface area contributed by atoms with E-state index in [1.807, 2.05) is 19.2 Å². The molecule has 1 unspecified atom stereocenters. The maximum Gasteiger partial charge on any atom is 0.248 e. The van der Waals surface area contributed by atoms with E-state index >= 15 is 0 Å². The molecule has 0 spiro atoms. The van der Waals surface area contributed by atoms with Gasteiger partial charge in [-0.15, -0.1) is 0 Å². The van der Waals surface area contributed by atoms with E-state index in [0.717, 1.165) is 44.7 Å². The number of hydrogen-bond donors (Lipinski definition) is 1. The normalized spacial score (nSPS) is 33.9. The van der Waals surface area contributed by atoms with E-state index in [0.29, 0.717) is 23.4 Å². The predicted octanol–water partition coefficient (Wildman–Crippen LogP) is 1.76. The molecule has 3 fully saturated rings. The van der Waals surface area contributed by atoms with E-state index in [9.17, 15) is 4.79 Å². The molecule has 2 bridgehead atoms. The summed E-state index contributed by atoms with van der Waals surface area (Å²) < 4.78 is 11.6. The molecular formula is C19H26N2O3. The first kappa shape index (κ1) is 16.1. The van der Waals surface area contributed by atoms with Gasteiger partial charge in [0.2, 0.25) is 5.91 Å². The summed E-state index contributed by atoms with van der Waals surface area (Å²) in [6.07, 6.45) is 3.58. The van der Waals surface area contributed by atoms with E-state index in [-0.39, 0.29) is 11.5 Å². The number of carbonyl (C=O) groups excluding carboxylic acids is 1. The topological polar surface area (TPSA) is 64.8 Å². The molecule has 1 saturated carbocycles. The smallest absolute Gasteiger partial charge is 0.248 e. The minimum atomic E-state index is -0.377. The van der Waals surface area contributed by atoms with Crippen molar-refractivity contribution in [2.24, 2.45) is 17.6 Å². The van der Waals surface area contributed by atoms with Crippen molar-refractivity contribution >= 4 is 5.91 Å². The second kappa shape index (κ2) is 6.14. The zero-order valence-electron chi connectivity index (χ0n) is 14.2. The quantitative estimate of drug-likeness (QED) is 0.914. The van der Waals surface area contributed by atoms with E-state index in [1.165, 1.54) is 6.42 Å². The molecule has 5 nitrogen and oxygen atoms in total. The monoisotopic (exact) mass is 330 g/mol. The summed E-state index contributed by atoms with van der Waals surface area (Å²) in [6.45, 7) is 3.80. The molecule has 0 radical (unpaired) electrons. The van der Waals surface area contributed by atoms with Crippen molar-refractivity contribution in [1.29, 1.82) is 0 Å². The van der Waals surface area contributed by atoms with Crippen LogP contribution in [0.5, 0.6) is 0 Å². The van der Waals surface area contributed by atoms with Gasteiger partial charge < -0.3 is 15.2 Å². The van der Waals surface area contributed by atoms with Crippen LogP contribution >= 0.6 is 0 Å². The summed E-state index contributed by atoms with van der Waals surface area (Å²) >= 11 is 0. The number of primary amides is 1. The molecule has 0 aromatic heterocycles. The third-order valence-corrected chi connectivity index (χ3v) is 6.30. The maximum absolute atomic E-state index is 11.6. The number of likely N-dealkylation sites (tertiary alicyclic amines) is 1. The van der Waals surface area contributed by atoms with Gasteiger partial charge in [0.25, 0.3) is 0 Å². The Hall–Kier alpha value is -1.43. The molecule has 2 N–H and O–H groups in total. The molecule has 2 aliphatic heterocycles. The average molecular weight is 330 g/mol. The number of carbonyl (C=O) groups is 1. The highest BCUT2D eigenvalue weighted by Crippen LogP contribution is 2.52. The third kappa shape index (κ3) is 2.38. The standard InChI is InChI=1S/C19H26N2O3/c1-23-19(14-5-2-4-13(8-14)18(20)22)15-6-3-7-16(19)10-21(9-15)17-11-24-12-17/h2,4-5,8,15-17H,3,6-7,9-12H2,1H3,(H2,20,22)/t15-,16+,19?. The summed E-state index contributed by atoms with van der Waals surface area (Å²) in [5.41, 5.74) is 6.88. The first-order chi connectivity index (χ1) is 11.6. The highest BCUT2D eigenvalue weighted by Gasteiger charge is 2.54. The summed E-state index contributed by atoms with van der Waals surface area (Å²) in [6, 6.07) is 8.33. The lowest BCUT2D eigenvalue weighted by Crippen LogP contribution is -2.63. The molecule has 24 heavy (non-hydrogen) atoms. The average Bonchev–Trinajstić information content (AvgIpc) is 2.52. The van der Waals surface area contributed by atoms with Crippen molar-refractivity contribution in [3.63, 3.8) is 0 Å². The van der Waals surface area contributed by atoms with Gasteiger partial charge >= 0.3 is 0 Å². The van der Waals surface area contributed by atoms with Gasteiger partial charge in [-0.1, -0.05) is 18.6 Å². The number of ether oxygens (including phenoxy) is 2. The SMILES string of the molecule is COC1(c2cccc(C(N)=O)c2)[C@@H]2CCC[C@H]1CN(C1COC1)C2. The van der Waals surface area contributed by atoms with Crippen molar-refractivity contribution in [2.75, 3.05) is 33.4 Å². The number of amides is 1. The molecule has 4 rings (SSSR count). The van der Waals surface area contributed by atoms with Gasteiger partial charge in [-0.25, -0.2) is 0 Å². The summed E-state index contributed by atoms with van der Waals surface area (Å²) in [5.74, 6) is 0.509. The molecule has 2 heterocycles. The van der Waals surface area contributed by atoms with Crippen LogP contribution in [0.4, 0.5) is 0 Å². The predicted molar refractivity (Wildman–Crippen MR) is 90.7 cm³/mol. The molecule has 1 aromatic rings. The zero-order valence-corrected chi connectivity index (χ0v) is 14.2. The fraction of sp³-hybridized carbons (Fsp3) is 0.632. The fourth-order valence-corrected chi connectivity index (χ4v) is 5.04. The van der Waals surface area contributed by atoms with Crippen LogP contribution in [0.15, 0.2) is 24.3 Å². The van der Waals surface area contributed by atoms with Gasteiger partial charge in [0.05, 0.1) is 19.3 Å². The second-order valence-corrected chi connectivity index (χ2v) is 7.41. The highest BCUT2D eigenvalue weighted by atomic mass is 16.5. The number of hydrogen-bond acceptors (Lipinski definition) is 4. The van der Waals surface area contributed by atoms with Gasteiger partial charge in [0, 0.05) is 37.6 Å². The maximum atomic E-state index is 11.6. The van der Waals surface area contributed by atoms with Gasteiger partial charge in [0.1, 0.15) is 5.60 Å². The van der Waals surface area contributed by atoms with Gasteiger partial charge in [0.15, 0.2) is 0 Å². The van der Waals surface area contributed by atoms with Crippen molar-refractivity contribution in [2.45, 2.75) is 30.9 Å². The van der Waals surface area contributed by atoms with Gasteiger partial charge in [-0.05, 0) is 30.5 Å². The van der Waals surface area contributed by atoms with Gasteiger partial charge in [-0.2, -0.15) is 0 Å². The number of rotatable bonds is 4. The van der Waals surface area contributed by atoms with Crippen LogP contribution in [0.25, 0.3) is 0 Å². The second-order valence-electron chi connectivity index (χ2n) is 7.41. The Balaban J connectivity index is 1.70. The molecule has 130 valence electrons. The lowest BCUT2D eigenvalue weighted by atomic mass is 9.62. The van der Waals surface area contributed by atoms with E-state index in [2.05, 4.69) is 11.0 Å². The Bertz CT molecular complexity index is 615.